The van der Waals surface area contributed by atoms with Crippen LogP contribution in [0, 0.1) is 11.8 Å². The summed E-state index contributed by atoms with van der Waals surface area (Å²) in [6.45, 7) is 6.16. The molecule has 0 radical (unpaired) electrons. The summed E-state index contributed by atoms with van der Waals surface area (Å²) in [6.07, 6.45) is 5.76. The maximum atomic E-state index is 11.5. The number of alkyl carbamates (subject to hydrolysis) is 1. The molecule has 106 valence electrons. The van der Waals surface area contributed by atoms with Crippen LogP contribution in [0.5, 0.6) is 0 Å². The van der Waals surface area contributed by atoms with E-state index in [0.29, 0.717) is 6.54 Å². The summed E-state index contributed by atoms with van der Waals surface area (Å²) in [5, 5.41) is 12.1. The summed E-state index contributed by atoms with van der Waals surface area (Å²) >= 11 is 0. The lowest BCUT2D eigenvalue weighted by Gasteiger charge is -2.22. The molecule has 0 spiro atoms. The third kappa shape index (κ3) is 6.24. The van der Waals surface area contributed by atoms with Gasteiger partial charge in [-0.25, -0.2) is 4.79 Å². The van der Waals surface area contributed by atoms with Crippen molar-refractivity contribution in [2.45, 2.75) is 58.5 Å². The van der Waals surface area contributed by atoms with Crippen molar-refractivity contribution in [3.63, 3.8) is 0 Å². The molecule has 0 aromatic rings. The molecule has 2 N–H and O–H groups in total. The summed E-state index contributed by atoms with van der Waals surface area (Å²) in [7, 11) is 0. The standard InChI is InChI=1S/C14H27NO3/c1-14(2,3)18-13(17)15-9-12(10-16)8-11-6-4-5-7-11/h11-12,16H,4-10H2,1-3H3,(H,15,17)/t12-/m0/s1. The number of hydrogen-bond donors (Lipinski definition) is 2. The van der Waals surface area contributed by atoms with Crippen LogP contribution in [0.4, 0.5) is 4.79 Å². The molecule has 0 saturated heterocycles. The van der Waals surface area contributed by atoms with E-state index in [2.05, 4.69) is 5.32 Å². The van der Waals surface area contributed by atoms with Crippen molar-refractivity contribution in [3.05, 3.63) is 0 Å². The van der Waals surface area contributed by atoms with Gasteiger partial charge in [-0.3, -0.25) is 0 Å². The Morgan fingerprint density at radius 1 is 1.39 bits per heavy atom. The normalized spacial score (nSPS) is 18.7. The van der Waals surface area contributed by atoms with Crippen LogP contribution in [0.15, 0.2) is 0 Å². The lowest BCUT2D eigenvalue weighted by molar-refractivity contribution is 0.0508. The molecule has 4 nitrogen and oxygen atoms in total. The minimum atomic E-state index is -0.468. The van der Waals surface area contributed by atoms with Gasteiger partial charge in [0, 0.05) is 13.2 Å². The van der Waals surface area contributed by atoms with Gasteiger partial charge < -0.3 is 15.2 Å². The maximum absolute atomic E-state index is 11.5. The molecule has 1 amide bonds. The van der Waals surface area contributed by atoms with Crippen LogP contribution in [-0.4, -0.2) is 30.0 Å². The van der Waals surface area contributed by atoms with Gasteiger partial charge in [0.15, 0.2) is 0 Å². The monoisotopic (exact) mass is 257 g/mol. The van der Waals surface area contributed by atoms with Gasteiger partial charge in [-0.05, 0) is 39.0 Å². The molecule has 0 unspecified atom stereocenters. The van der Waals surface area contributed by atoms with Crippen LogP contribution in [-0.2, 0) is 4.74 Å². The Balaban J connectivity index is 2.23. The van der Waals surface area contributed by atoms with Crippen LogP contribution in [0.1, 0.15) is 52.9 Å². The average molecular weight is 257 g/mol. The molecule has 1 rings (SSSR count). The first-order chi connectivity index (χ1) is 8.40. The number of nitrogens with one attached hydrogen (secondary N) is 1. The molecule has 18 heavy (non-hydrogen) atoms. The van der Waals surface area contributed by atoms with Gasteiger partial charge in [0.25, 0.3) is 0 Å². The fourth-order valence-corrected chi connectivity index (χ4v) is 2.48. The number of aliphatic hydroxyl groups is 1. The largest absolute Gasteiger partial charge is 0.444 e. The zero-order chi connectivity index (χ0) is 13.6. The second-order valence-corrected chi connectivity index (χ2v) is 6.32. The van der Waals surface area contributed by atoms with Crippen LogP contribution in [0.3, 0.4) is 0 Å². The average Bonchev–Trinajstić information content (AvgIpc) is 2.74. The van der Waals surface area contributed by atoms with Gasteiger partial charge in [-0.1, -0.05) is 25.7 Å². The Hall–Kier alpha value is -0.770. The molecular formula is C14H27NO3. The quantitative estimate of drug-likeness (QED) is 0.796. The van der Waals surface area contributed by atoms with E-state index in [4.69, 9.17) is 4.74 Å². The number of carbonyl (C=O) groups is 1. The predicted octanol–water partition coefficient (Wildman–Crippen LogP) is 2.70. The molecule has 1 saturated carbocycles. The molecule has 1 aliphatic rings. The summed E-state index contributed by atoms with van der Waals surface area (Å²) in [5.41, 5.74) is -0.468. The van der Waals surface area contributed by atoms with Crippen LogP contribution in [0.2, 0.25) is 0 Å². The van der Waals surface area contributed by atoms with E-state index in [1.54, 1.807) is 0 Å². The van der Waals surface area contributed by atoms with Crippen molar-refractivity contribution in [1.82, 2.24) is 5.32 Å². The first-order valence-corrected chi connectivity index (χ1v) is 6.98. The predicted molar refractivity (Wildman–Crippen MR) is 71.4 cm³/mol. The van der Waals surface area contributed by atoms with E-state index >= 15 is 0 Å². The van der Waals surface area contributed by atoms with E-state index in [-0.39, 0.29) is 12.5 Å². The number of rotatable bonds is 5. The van der Waals surface area contributed by atoms with Crippen LogP contribution < -0.4 is 5.32 Å². The van der Waals surface area contributed by atoms with E-state index in [9.17, 15) is 9.90 Å². The highest BCUT2D eigenvalue weighted by Crippen LogP contribution is 2.30. The molecule has 1 fully saturated rings. The topological polar surface area (TPSA) is 58.6 Å². The summed E-state index contributed by atoms with van der Waals surface area (Å²) in [5.74, 6) is 0.878. The minimum absolute atomic E-state index is 0.131. The third-order valence-corrected chi connectivity index (χ3v) is 3.33. The first-order valence-electron chi connectivity index (χ1n) is 6.98. The SMILES string of the molecule is CC(C)(C)OC(=O)NC[C@@H](CO)CC1CCCC1. The molecule has 0 aliphatic heterocycles. The fraction of sp³-hybridized carbons (Fsp3) is 0.929. The first kappa shape index (κ1) is 15.3. The van der Waals surface area contributed by atoms with Gasteiger partial charge in [-0.15, -0.1) is 0 Å². The van der Waals surface area contributed by atoms with Gasteiger partial charge in [0.1, 0.15) is 5.60 Å². The number of hydrogen-bond acceptors (Lipinski definition) is 3. The number of aliphatic hydroxyl groups excluding tert-OH is 1. The Morgan fingerprint density at radius 3 is 2.50 bits per heavy atom. The second-order valence-electron chi connectivity index (χ2n) is 6.32. The zero-order valence-corrected chi connectivity index (χ0v) is 11.9. The molecule has 1 atom stereocenters. The smallest absolute Gasteiger partial charge is 0.407 e. The van der Waals surface area contributed by atoms with Crippen molar-refractivity contribution in [2.24, 2.45) is 11.8 Å². The Kier molecular flexibility index (Phi) is 5.93. The fourth-order valence-electron chi connectivity index (χ4n) is 2.48. The molecule has 4 heteroatoms. The number of amides is 1. The van der Waals surface area contributed by atoms with E-state index in [1.165, 1.54) is 25.7 Å². The zero-order valence-electron chi connectivity index (χ0n) is 11.9. The van der Waals surface area contributed by atoms with E-state index in [0.717, 1.165) is 12.3 Å². The van der Waals surface area contributed by atoms with Crippen molar-refractivity contribution in [3.8, 4) is 0 Å². The molecule has 0 bridgehead atoms. The van der Waals surface area contributed by atoms with Crippen LogP contribution in [0.25, 0.3) is 0 Å². The van der Waals surface area contributed by atoms with E-state index < -0.39 is 11.7 Å². The molecular weight excluding hydrogens is 230 g/mol. The highest BCUT2D eigenvalue weighted by molar-refractivity contribution is 5.67. The lowest BCUT2D eigenvalue weighted by atomic mass is 9.94. The summed E-state index contributed by atoms with van der Waals surface area (Å²) < 4.78 is 5.17. The van der Waals surface area contributed by atoms with Crippen molar-refractivity contribution in [2.75, 3.05) is 13.2 Å². The molecule has 0 aromatic heterocycles. The van der Waals surface area contributed by atoms with Gasteiger partial charge in [-0.2, -0.15) is 0 Å². The van der Waals surface area contributed by atoms with Crippen molar-refractivity contribution >= 4 is 6.09 Å². The second kappa shape index (κ2) is 6.98. The highest BCUT2D eigenvalue weighted by atomic mass is 16.6. The van der Waals surface area contributed by atoms with Gasteiger partial charge in [0.2, 0.25) is 0 Å². The summed E-state index contributed by atoms with van der Waals surface area (Å²) in [6, 6.07) is 0. The highest BCUT2D eigenvalue weighted by Gasteiger charge is 2.21. The van der Waals surface area contributed by atoms with Crippen molar-refractivity contribution < 1.29 is 14.6 Å². The number of carbonyl (C=O) groups excluding carboxylic acids is 1. The molecule has 0 heterocycles. The maximum Gasteiger partial charge on any atom is 0.407 e. The lowest BCUT2D eigenvalue weighted by Crippen LogP contribution is -2.36. The van der Waals surface area contributed by atoms with E-state index in [1.807, 2.05) is 20.8 Å². The molecule has 0 aromatic carbocycles. The summed E-state index contributed by atoms with van der Waals surface area (Å²) in [4.78, 5) is 11.5. The Bertz CT molecular complexity index is 254. The van der Waals surface area contributed by atoms with Crippen molar-refractivity contribution in [1.29, 1.82) is 0 Å². The molecule has 1 aliphatic carbocycles. The Morgan fingerprint density at radius 2 is 2.00 bits per heavy atom. The third-order valence-electron chi connectivity index (χ3n) is 3.33. The minimum Gasteiger partial charge on any atom is -0.444 e. The number of ether oxygens (including phenoxy) is 1. The van der Waals surface area contributed by atoms with Gasteiger partial charge in [0.05, 0.1) is 0 Å². The van der Waals surface area contributed by atoms with Gasteiger partial charge >= 0.3 is 6.09 Å². The Labute approximate surface area is 110 Å². The van der Waals surface area contributed by atoms with Crippen LogP contribution >= 0.6 is 0 Å².